The molecule has 0 spiro atoms. The largest absolute Gasteiger partial charge is 0.314 e. The molecule has 2 N–H and O–H groups in total. The zero-order valence-corrected chi connectivity index (χ0v) is 10.7. The quantitative estimate of drug-likeness (QED) is 0.863. The molecule has 2 unspecified atom stereocenters. The van der Waals surface area contributed by atoms with Crippen LogP contribution in [0.15, 0.2) is 18.2 Å². The average molecular weight is 254 g/mol. The molecule has 18 heavy (non-hydrogen) atoms. The molecule has 100 valence electrons. The topological polar surface area (TPSA) is 24.1 Å². The second kappa shape index (κ2) is 6.25. The van der Waals surface area contributed by atoms with Crippen molar-refractivity contribution in [1.82, 2.24) is 10.6 Å². The molecule has 0 aromatic heterocycles. The van der Waals surface area contributed by atoms with Crippen molar-refractivity contribution in [1.29, 1.82) is 0 Å². The van der Waals surface area contributed by atoms with E-state index in [1.54, 1.807) is 0 Å². The lowest BCUT2D eigenvalue weighted by molar-refractivity contribution is 0.343. The molecule has 0 amide bonds. The zero-order chi connectivity index (χ0) is 13.0. The van der Waals surface area contributed by atoms with Crippen LogP contribution >= 0.6 is 0 Å². The van der Waals surface area contributed by atoms with E-state index >= 15 is 0 Å². The summed E-state index contributed by atoms with van der Waals surface area (Å²) in [6.07, 6.45) is 4.39. The monoisotopic (exact) mass is 254 g/mol. The van der Waals surface area contributed by atoms with Gasteiger partial charge in [-0.2, -0.15) is 0 Å². The standard InChI is InChI=1S/C14H20F2N2/c1-17-14(9-11-4-2-3-7-18-11)12-6-5-10(15)8-13(12)16/h5-6,8,11,14,17-18H,2-4,7,9H2,1H3. The zero-order valence-electron chi connectivity index (χ0n) is 10.7. The summed E-state index contributed by atoms with van der Waals surface area (Å²) in [4.78, 5) is 0. The number of hydrogen-bond donors (Lipinski definition) is 2. The second-order valence-electron chi connectivity index (χ2n) is 4.89. The summed E-state index contributed by atoms with van der Waals surface area (Å²) in [5.74, 6) is -0.993. The van der Waals surface area contributed by atoms with Gasteiger partial charge in [0, 0.05) is 23.7 Å². The van der Waals surface area contributed by atoms with Crippen LogP contribution in [0.3, 0.4) is 0 Å². The summed E-state index contributed by atoms with van der Waals surface area (Å²) in [6.45, 7) is 1.03. The smallest absolute Gasteiger partial charge is 0.130 e. The van der Waals surface area contributed by atoms with Crippen LogP contribution in [0.2, 0.25) is 0 Å². The number of benzene rings is 1. The summed E-state index contributed by atoms with van der Waals surface area (Å²) in [7, 11) is 1.82. The maximum atomic E-state index is 13.7. The Morgan fingerprint density at radius 1 is 1.39 bits per heavy atom. The molecule has 0 aliphatic carbocycles. The minimum Gasteiger partial charge on any atom is -0.314 e. The van der Waals surface area contributed by atoms with E-state index in [9.17, 15) is 8.78 Å². The maximum Gasteiger partial charge on any atom is 0.130 e. The number of hydrogen-bond acceptors (Lipinski definition) is 2. The predicted octanol–water partition coefficient (Wildman–Crippen LogP) is 2.76. The Kier molecular flexibility index (Phi) is 4.66. The molecule has 2 rings (SSSR count). The van der Waals surface area contributed by atoms with Gasteiger partial charge in [-0.1, -0.05) is 12.5 Å². The molecule has 1 fully saturated rings. The number of piperidine rings is 1. The van der Waals surface area contributed by atoms with E-state index in [1.807, 2.05) is 7.05 Å². The van der Waals surface area contributed by atoms with Crippen molar-refractivity contribution in [3.63, 3.8) is 0 Å². The fourth-order valence-corrected chi connectivity index (χ4v) is 2.59. The minimum absolute atomic E-state index is 0.0683. The van der Waals surface area contributed by atoms with Crippen LogP contribution in [0, 0.1) is 11.6 Å². The molecule has 0 radical (unpaired) electrons. The van der Waals surface area contributed by atoms with Crippen molar-refractivity contribution < 1.29 is 8.78 Å². The van der Waals surface area contributed by atoms with Crippen molar-refractivity contribution in [3.05, 3.63) is 35.4 Å². The predicted molar refractivity (Wildman–Crippen MR) is 68.4 cm³/mol. The molecule has 0 saturated carbocycles. The van der Waals surface area contributed by atoms with Gasteiger partial charge in [0.2, 0.25) is 0 Å². The van der Waals surface area contributed by atoms with E-state index in [-0.39, 0.29) is 6.04 Å². The maximum absolute atomic E-state index is 13.7. The number of rotatable bonds is 4. The van der Waals surface area contributed by atoms with Gasteiger partial charge in [0.15, 0.2) is 0 Å². The van der Waals surface area contributed by atoms with Gasteiger partial charge < -0.3 is 10.6 Å². The first-order chi connectivity index (χ1) is 8.70. The molecular weight excluding hydrogens is 234 g/mol. The highest BCUT2D eigenvalue weighted by molar-refractivity contribution is 5.22. The van der Waals surface area contributed by atoms with Crippen LogP contribution in [0.4, 0.5) is 8.78 Å². The van der Waals surface area contributed by atoms with Crippen molar-refractivity contribution in [2.75, 3.05) is 13.6 Å². The lowest BCUT2D eigenvalue weighted by atomic mass is 9.94. The fraction of sp³-hybridized carbons (Fsp3) is 0.571. The summed E-state index contributed by atoms with van der Waals surface area (Å²) >= 11 is 0. The highest BCUT2D eigenvalue weighted by Crippen LogP contribution is 2.24. The van der Waals surface area contributed by atoms with E-state index in [2.05, 4.69) is 10.6 Å². The van der Waals surface area contributed by atoms with E-state index in [0.29, 0.717) is 11.6 Å². The van der Waals surface area contributed by atoms with Gasteiger partial charge in [0.25, 0.3) is 0 Å². The molecule has 0 bridgehead atoms. The molecule has 2 atom stereocenters. The second-order valence-corrected chi connectivity index (χ2v) is 4.89. The Bertz CT molecular complexity index is 389. The lowest BCUT2D eigenvalue weighted by Gasteiger charge is -2.28. The summed E-state index contributed by atoms with van der Waals surface area (Å²) in [6, 6.07) is 4.15. The van der Waals surface area contributed by atoms with Crippen LogP contribution in [0.5, 0.6) is 0 Å². The highest BCUT2D eigenvalue weighted by Gasteiger charge is 2.21. The van der Waals surface area contributed by atoms with Crippen LogP contribution in [0.25, 0.3) is 0 Å². The minimum atomic E-state index is -0.526. The van der Waals surface area contributed by atoms with Gasteiger partial charge in [-0.3, -0.25) is 0 Å². The summed E-state index contributed by atoms with van der Waals surface area (Å²) in [5, 5.41) is 6.57. The fourth-order valence-electron chi connectivity index (χ4n) is 2.59. The van der Waals surface area contributed by atoms with Crippen molar-refractivity contribution in [3.8, 4) is 0 Å². The van der Waals surface area contributed by atoms with Crippen molar-refractivity contribution in [2.45, 2.75) is 37.8 Å². The van der Waals surface area contributed by atoms with Crippen molar-refractivity contribution >= 4 is 0 Å². The van der Waals surface area contributed by atoms with Gasteiger partial charge in [0.1, 0.15) is 11.6 Å². The van der Waals surface area contributed by atoms with Crippen LogP contribution < -0.4 is 10.6 Å². The Balaban J connectivity index is 2.07. The molecular formula is C14H20F2N2. The normalized spacial score (nSPS) is 21.8. The van der Waals surface area contributed by atoms with E-state index < -0.39 is 11.6 Å². The molecule has 2 nitrogen and oxygen atoms in total. The first-order valence-corrected chi connectivity index (χ1v) is 6.56. The Labute approximate surface area is 107 Å². The first kappa shape index (κ1) is 13.4. The first-order valence-electron chi connectivity index (χ1n) is 6.56. The Morgan fingerprint density at radius 3 is 2.83 bits per heavy atom. The van der Waals surface area contributed by atoms with Crippen LogP contribution in [0.1, 0.15) is 37.3 Å². The molecule has 4 heteroatoms. The highest BCUT2D eigenvalue weighted by atomic mass is 19.1. The average Bonchev–Trinajstić information content (AvgIpc) is 2.38. The van der Waals surface area contributed by atoms with Gasteiger partial charge in [0.05, 0.1) is 0 Å². The molecule has 1 saturated heterocycles. The van der Waals surface area contributed by atoms with Crippen LogP contribution in [-0.4, -0.2) is 19.6 Å². The van der Waals surface area contributed by atoms with Gasteiger partial charge in [-0.25, -0.2) is 8.78 Å². The van der Waals surface area contributed by atoms with Crippen LogP contribution in [-0.2, 0) is 0 Å². The van der Waals surface area contributed by atoms with Gasteiger partial charge >= 0.3 is 0 Å². The third-order valence-electron chi connectivity index (χ3n) is 3.62. The molecule has 1 heterocycles. The SMILES string of the molecule is CNC(CC1CCCCN1)c1ccc(F)cc1F. The molecule has 1 aliphatic heterocycles. The summed E-state index contributed by atoms with van der Waals surface area (Å²) in [5.41, 5.74) is 0.547. The Hall–Kier alpha value is -1.00. The van der Waals surface area contributed by atoms with E-state index in [1.165, 1.54) is 25.0 Å². The third kappa shape index (κ3) is 3.27. The molecule has 1 aromatic rings. The van der Waals surface area contributed by atoms with E-state index in [0.717, 1.165) is 25.5 Å². The lowest BCUT2D eigenvalue weighted by Crippen LogP contribution is -2.37. The van der Waals surface area contributed by atoms with Crippen molar-refractivity contribution in [2.24, 2.45) is 0 Å². The van der Waals surface area contributed by atoms with E-state index in [4.69, 9.17) is 0 Å². The molecule has 1 aromatic carbocycles. The number of nitrogens with one attached hydrogen (secondary N) is 2. The van der Waals surface area contributed by atoms with Gasteiger partial charge in [-0.05, 0) is 38.9 Å². The summed E-state index contributed by atoms with van der Waals surface area (Å²) < 4.78 is 26.6. The number of halogens is 2. The third-order valence-corrected chi connectivity index (χ3v) is 3.62. The Morgan fingerprint density at radius 2 is 2.22 bits per heavy atom. The van der Waals surface area contributed by atoms with Gasteiger partial charge in [-0.15, -0.1) is 0 Å². The molecule has 1 aliphatic rings.